The van der Waals surface area contributed by atoms with Crippen LogP contribution < -0.4 is 0 Å². The summed E-state index contributed by atoms with van der Waals surface area (Å²) >= 11 is 0. The lowest BCUT2D eigenvalue weighted by Gasteiger charge is -2.07. The normalized spacial score (nSPS) is 10.4. The van der Waals surface area contributed by atoms with Crippen molar-refractivity contribution in [2.75, 3.05) is 0 Å². The van der Waals surface area contributed by atoms with E-state index in [1.165, 1.54) is 0 Å². The molecular weight excluding hydrogens is 234 g/mol. The molecule has 0 bridgehead atoms. The van der Waals surface area contributed by atoms with Crippen LogP contribution in [0.5, 0.6) is 0 Å². The van der Waals surface area contributed by atoms with Crippen molar-refractivity contribution < 1.29 is 0 Å². The molecule has 0 fully saturated rings. The molecule has 3 nitrogen and oxygen atoms in total. The molecule has 0 atom stereocenters. The molecule has 19 heavy (non-hydrogen) atoms. The highest BCUT2D eigenvalue weighted by molar-refractivity contribution is 5.76. The molecule has 0 saturated heterocycles. The summed E-state index contributed by atoms with van der Waals surface area (Å²) in [6.07, 6.45) is 5.42. The number of aryl methyl sites for hydroxylation is 1. The monoisotopic (exact) mass is 247 g/mol. The van der Waals surface area contributed by atoms with Crippen molar-refractivity contribution in [2.24, 2.45) is 0 Å². The quantitative estimate of drug-likeness (QED) is 0.695. The van der Waals surface area contributed by atoms with Gasteiger partial charge in [0.05, 0.1) is 17.1 Å². The Morgan fingerprint density at radius 2 is 1.63 bits per heavy atom. The molecule has 0 unspecified atom stereocenters. The Hall–Kier alpha value is -2.55. The largest absolute Gasteiger partial charge is 0.256 e. The summed E-state index contributed by atoms with van der Waals surface area (Å²) in [6.45, 7) is 2.02. The van der Waals surface area contributed by atoms with Gasteiger partial charge in [-0.25, -0.2) is 0 Å². The molecule has 0 spiro atoms. The summed E-state index contributed by atoms with van der Waals surface area (Å²) in [7, 11) is 0. The van der Waals surface area contributed by atoms with Crippen molar-refractivity contribution in [2.45, 2.75) is 6.92 Å². The molecule has 3 heteroatoms. The molecule has 0 saturated carbocycles. The molecule has 0 amide bonds. The van der Waals surface area contributed by atoms with Gasteiger partial charge in [-0.1, -0.05) is 12.1 Å². The molecule has 3 heterocycles. The van der Waals surface area contributed by atoms with Gasteiger partial charge in [0.25, 0.3) is 0 Å². The maximum Gasteiger partial charge on any atom is 0.0980 e. The molecule has 0 aliphatic heterocycles. The second-order valence-electron chi connectivity index (χ2n) is 4.34. The number of nitrogens with zero attached hydrogens (tertiary/aromatic N) is 3. The highest BCUT2D eigenvalue weighted by atomic mass is 14.8. The van der Waals surface area contributed by atoms with Crippen LogP contribution in [-0.4, -0.2) is 15.0 Å². The van der Waals surface area contributed by atoms with Gasteiger partial charge >= 0.3 is 0 Å². The molecule has 0 aromatic carbocycles. The van der Waals surface area contributed by atoms with E-state index in [4.69, 9.17) is 0 Å². The summed E-state index contributed by atoms with van der Waals surface area (Å²) < 4.78 is 0. The Kier molecular flexibility index (Phi) is 3.02. The topological polar surface area (TPSA) is 38.7 Å². The molecule has 3 aromatic heterocycles. The molecule has 0 aliphatic rings. The molecule has 0 aliphatic carbocycles. The van der Waals surface area contributed by atoms with Gasteiger partial charge in [0, 0.05) is 24.2 Å². The molecule has 3 aromatic rings. The van der Waals surface area contributed by atoms with Crippen molar-refractivity contribution in [1.29, 1.82) is 0 Å². The zero-order valence-corrected chi connectivity index (χ0v) is 10.6. The van der Waals surface area contributed by atoms with Gasteiger partial charge in [0.2, 0.25) is 0 Å². The van der Waals surface area contributed by atoms with Crippen molar-refractivity contribution >= 4 is 0 Å². The SMILES string of the molecule is Cc1ccc(-c2ncccc2-c2ccccn2)nc1. The van der Waals surface area contributed by atoms with Crippen molar-refractivity contribution in [1.82, 2.24) is 15.0 Å². The Bertz CT molecular complexity index is 676. The maximum atomic E-state index is 4.45. The van der Waals surface area contributed by atoms with E-state index in [0.29, 0.717) is 0 Å². The van der Waals surface area contributed by atoms with Gasteiger partial charge in [-0.05, 0) is 42.8 Å². The first-order valence-corrected chi connectivity index (χ1v) is 6.14. The lowest BCUT2D eigenvalue weighted by atomic mass is 10.1. The maximum absolute atomic E-state index is 4.45. The molecule has 0 N–H and O–H groups in total. The molecule has 92 valence electrons. The summed E-state index contributed by atoms with van der Waals surface area (Å²) in [5, 5.41) is 0. The van der Waals surface area contributed by atoms with Crippen LogP contribution in [0.15, 0.2) is 61.1 Å². The highest BCUT2D eigenvalue weighted by Gasteiger charge is 2.09. The Morgan fingerprint density at radius 3 is 2.37 bits per heavy atom. The van der Waals surface area contributed by atoms with Gasteiger partial charge in [-0.3, -0.25) is 15.0 Å². The van der Waals surface area contributed by atoms with Gasteiger partial charge in [0.15, 0.2) is 0 Å². The third kappa shape index (κ3) is 2.36. The average Bonchev–Trinajstić information content (AvgIpc) is 2.49. The van der Waals surface area contributed by atoms with E-state index in [1.54, 1.807) is 12.4 Å². The van der Waals surface area contributed by atoms with E-state index >= 15 is 0 Å². The van der Waals surface area contributed by atoms with Gasteiger partial charge in [-0.2, -0.15) is 0 Å². The van der Waals surface area contributed by atoms with Gasteiger partial charge in [0.1, 0.15) is 0 Å². The first kappa shape index (κ1) is 11.5. The molecular formula is C16H13N3. The lowest BCUT2D eigenvalue weighted by molar-refractivity contribution is 1.21. The minimum atomic E-state index is 0.862. The van der Waals surface area contributed by atoms with Crippen molar-refractivity contribution in [3.8, 4) is 22.6 Å². The van der Waals surface area contributed by atoms with Crippen LogP contribution in [0.3, 0.4) is 0 Å². The van der Waals surface area contributed by atoms with E-state index in [1.807, 2.05) is 55.6 Å². The smallest absolute Gasteiger partial charge is 0.0980 e. The van der Waals surface area contributed by atoms with Crippen LogP contribution in [0.25, 0.3) is 22.6 Å². The Labute approximate surface area is 112 Å². The number of hydrogen-bond acceptors (Lipinski definition) is 3. The van der Waals surface area contributed by atoms with Gasteiger partial charge < -0.3 is 0 Å². The van der Waals surface area contributed by atoms with E-state index < -0.39 is 0 Å². The number of hydrogen-bond donors (Lipinski definition) is 0. The fourth-order valence-electron chi connectivity index (χ4n) is 1.95. The van der Waals surface area contributed by atoms with Crippen molar-refractivity contribution in [3.63, 3.8) is 0 Å². The van der Waals surface area contributed by atoms with Crippen LogP contribution in [0, 0.1) is 6.92 Å². The second kappa shape index (κ2) is 4.98. The van der Waals surface area contributed by atoms with Crippen molar-refractivity contribution in [3.05, 3.63) is 66.6 Å². The Morgan fingerprint density at radius 1 is 0.737 bits per heavy atom. The highest BCUT2D eigenvalue weighted by Crippen LogP contribution is 2.27. The fraction of sp³-hybridized carbons (Fsp3) is 0.0625. The lowest BCUT2D eigenvalue weighted by Crippen LogP contribution is -1.92. The van der Waals surface area contributed by atoms with Crippen LogP contribution in [-0.2, 0) is 0 Å². The molecule has 3 rings (SSSR count). The van der Waals surface area contributed by atoms with Crippen LogP contribution in [0.1, 0.15) is 5.56 Å². The number of pyridine rings is 3. The predicted octanol–water partition coefficient (Wildman–Crippen LogP) is 3.51. The zero-order valence-electron chi connectivity index (χ0n) is 10.6. The zero-order chi connectivity index (χ0) is 13.1. The third-order valence-electron chi connectivity index (χ3n) is 2.90. The predicted molar refractivity (Wildman–Crippen MR) is 75.4 cm³/mol. The van der Waals surface area contributed by atoms with Gasteiger partial charge in [-0.15, -0.1) is 0 Å². The summed E-state index contributed by atoms with van der Waals surface area (Å²) in [5.41, 5.74) is 4.78. The standard InChI is InChI=1S/C16H13N3/c1-12-7-8-15(19-11-12)16-13(5-4-10-18-16)14-6-2-3-9-17-14/h2-11H,1H3. The number of aromatic nitrogens is 3. The van der Waals surface area contributed by atoms with E-state index in [9.17, 15) is 0 Å². The van der Waals surface area contributed by atoms with Crippen LogP contribution in [0.2, 0.25) is 0 Å². The first-order chi connectivity index (χ1) is 9.34. The molecule has 0 radical (unpaired) electrons. The van der Waals surface area contributed by atoms with E-state index in [-0.39, 0.29) is 0 Å². The summed E-state index contributed by atoms with van der Waals surface area (Å²) in [4.78, 5) is 13.3. The Balaban J connectivity index is 2.15. The summed E-state index contributed by atoms with van der Waals surface area (Å²) in [6, 6.07) is 13.8. The van der Waals surface area contributed by atoms with Crippen LogP contribution >= 0.6 is 0 Å². The summed E-state index contributed by atoms with van der Waals surface area (Å²) in [5.74, 6) is 0. The number of rotatable bonds is 2. The third-order valence-corrected chi connectivity index (χ3v) is 2.90. The van der Waals surface area contributed by atoms with E-state index in [0.717, 1.165) is 28.2 Å². The first-order valence-electron chi connectivity index (χ1n) is 6.14. The van der Waals surface area contributed by atoms with E-state index in [2.05, 4.69) is 15.0 Å². The fourth-order valence-corrected chi connectivity index (χ4v) is 1.95. The second-order valence-corrected chi connectivity index (χ2v) is 4.34. The average molecular weight is 247 g/mol. The van der Waals surface area contributed by atoms with Crippen LogP contribution in [0.4, 0.5) is 0 Å². The minimum absolute atomic E-state index is 0.862. The minimum Gasteiger partial charge on any atom is -0.256 e.